The van der Waals surface area contributed by atoms with Crippen LogP contribution in [-0.2, 0) is 23.0 Å². The molecule has 0 atom stereocenters. The standard InChI is InChI=1S/C17H24N4O2S.HI/c1-18-24(22,23)16-4-2-3-14-12-20(9-7-15(14)16)17-19-8-10-21(17)11-13-5-6-13;/h2-4,13,18H,5-12H2,1H3;1H. The maximum Gasteiger partial charge on any atom is 0.240 e. The Morgan fingerprint density at radius 3 is 2.80 bits per heavy atom. The Hall–Kier alpha value is -0.870. The van der Waals surface area contributed by atoms with Gasteiger partial charge in [0.05, 0.1) is 11.4 Å². The number of guanidine groups is 1. The van der Waals surface area contributed by atoms with Crippen molar-refractivity contribution in [3.8, 4) is 0 Å². The Kier molecular flexibility index (Phi) is 5.60. The molecule has 1 fully saturated rings. The van der Waals surface area contributed by atoms with Crippen molar-refractivity contribution in [3.63, 3.8) is 0 Å². The zero-order valence-electron chi connectivity index (χ0n) is 14.4. The predicted octanol–water partition coefficient (Wildman–Crippen LogP) is 1.65. The van der Waals surface area contributed by atoms with Gasteiger partial charge in [-0.1, -0.05) is 12.1 Å². The van der Waals surface area contributed by atoms with Crippen molar-refractivity contribution in [2.45, 2.75) is 30.7 Å². The van der Waals surface area contributed by atoms with Gasteiger partial charge in [-0.15, -0.1) is 24.0 Å². The van der Waals surface area contributed by atoms with E-state index in [0.717, 1.165) is 62.1 Å². The molecule has 0 unspecified atom stereocenters. The van der Waals surface area contributed by atoms with Crippen molar-refractivity contribution in [1.82, 2.24) is 14.5 Å². The van der Waals surface area contributed by atoms with E-state index in [9.17, 15) is 8.42 Å². The first-order valence-electron chi connectivity index (χ1n) is 8.67. The van der Waals surface area contributed by atoms with Crippen molar-refractivity contribution in [2.75, 3.05) is 33.2 Å². The lowest BCUT2D eigenvalue weighted by Gasteiger charge is -2.35. The van der Waals surface area contributed by atoms with E-state index in [1.165, 1.54) is 19.9 Å². The summed E-state index contributed by atoms with van der Waals surface area (Å²) < 4.78 is 26.9. The van der Waals surface area contributed by atoms with E-state index in [0.29, 0.717) is 4.90 Å². The molecule has 0 spiro atoms. The van der Waals surface area contributed by atoms with Crippen LogP contribution < -0.4 is 4.72 Å². The third-order valence-corrected chi connectivity index (χ3v) is 6.64. The van der Waals surface area contributed by atoms with Gasteiger partial charge in [0.25, 0.3) is 0 Å². The molecule has 1 N–H and O–H groups in total. The number of nitrogens with one attached hydrogen (secondary N) is 1. The Bertz CT molecular complexity index is 777. The molecule has 0 bridgehead atoms. The van der Waals surface area contributed by atoms with Gasteiger partial charge in [0.15, 0.2) is 5.96 Å². The minimum atomic E-state index is -3.40. The SMILES string of the molecule is CNS(=O)(=O)c1cccc2c1CCN(C1=NCCN1CC1CC1)C2.I. The first-order valence-corrected chi connectivity index (χ1v) is 10.2. The van der Waals surface area contributed by atoms with Crippen LogP contribution in [0.1, 0.15) is 24.0 Å². The van der Waals surface area contributed by atoms with Gasteiger partial charge in [0.2, 0.25) is 10.0 Å². The van der Waals surface area contributed by atoms with E-state index in [1.54, 1.807) is 6.07 Å². The minimum absolute atomic E-state index is 0. The second-order valence-electron chi connectivity index (χ2n) is 6.84. The van der Waals surface area contributed by atoms with Crippen molar-refractivity contribution in [3.05, 3.63) is 29.3 Å². The van der Waals surface area contributed by atoms with Crippen molar-refractivity contribution >= 4 is 40.0 Å². The maximum atomic E-state index is 12.2. The lowest BCUT2D eigenvalue weighted by atomic mass is 10.00. The summed E-state index contributed by atoms with van der Waals surface area (Å²) >= 11 is 0. The van der Waals surface area contributed by atoms with Gasteiger partial charge in [-0.25, -0.2) is 13.1 Å². The molecule has 1 aromatic rings. The van der Waals surface area contributed by atoms with Crippen LogP contribution >= 0.6 is 24.0 Å². The molecule has 138 valence electrons. The van der Waals surface area contributed by atoms with Crippen LogP contribution in [0.5, 0.6) is 0 Å². The Morgan fingerprint density at radius 2 is 2.08 bits per heavy atom. The van der Waals surface area contributed by atoms with E-state index in [1.807, 2.05) is 12.1 Å². The van der Waals surface area contributed by atoms with Crippen LogP contribution in [0.25, 0.3) is 0 Å². The molecule has 2 aliphatic heterocycles. The van der Waals surface area contributed by atoms with Gasteiger partial charge in [-0.3, -0.25) is 4.99 Å². The van der Waals surface area contributed by atoms with Crippen molar-refractivity contribution in [1.29, 1.82) is 0 Å². The first kappa shape index (κ1) is 18.9. The minimum Gasteiger partial charge on any atom is -0.341 e. The largest absolute Gasteiger partial charge is 0.341 e. The summed E-state index contributed by atoms with van der Waals surface area (Å²) in [6.07, 6.45) is 3.43. The van der Waals surface area contributed by atoms with Crippen LogP contribution in [0.2, 0.25) is 0 Å². The number of sulfonamides is 1. The van der Waals surface area contributed by atoms with Crippen molar-refractivity contribution < 1.29 is 8.42 Å². The lowest BCUT2D eigenvalue weighted by Crippen LogP contribution is -2.45. The Balaban J connectivity index is 0.00000182. The quantitative estimate of drug-likeness (QED) is 0.672. The summed E-state index contributed by atoms with van der Waals surface area (Å²) in [5.41, 5.74) is 2.05. The first-order chi connectivity index (χ1) is 11.6. The van der Waals surface area contributed by atoms with Crippen molar-refractivity contribution in [2.24, 2.45) is 10.9 Å². The van der Waals surface area contributed by atoms with E-state index in [4.69, 9.17) is 4.99 Å². The van der Waals surface area contributed by atoms with Crippen LogP contribution in [0.4, 0.5) is 0 Å². The highest BCUT2D eigenvalue weighted by Gasteiger charge is 2.32. The van der Waals surface area contributed by atoms with Gasteiger partial charge in [0.1, 0.15) is 0 Å². The molecule has 25 heavy (non-hydrogen) atoms. The highest BCUT2D eigenvalue weighted by atomic mass is 127. The highest BCUT2D eigenvalue weighted by Crippen LogP contribution is 2.31. The number of fused-ring (bicyclic) bond motifs is 1. The summed E-state index contributed by atoms with van der Waals surface area (Å²) in [4.78, 5) is 9.87. The summed E-state index contributed by atoms with van der Waals surface area (Å²) in [7, 11) is -1.94. The van der Waals surface area contributed by atoms with Gasteiger partial charge in [-0.05, 0) is 49.4 Å². The monoisotopic (exact) mass is 476 g/mol. The molecule has 1 aliphatic carbocycles. The highest BCUT2D eigenvalue weighted by molar-refractivity contribution is 14.0. The normalized spacial score (nSPS) is 20.1. The Morgan fingerprint density at radius 1 is 1.28 bits per heavy atom. The topological polar surface area (TPSA) is 65.0 Å². The smallest absolute Gasteiger partial charge is 0.240 e. The average molecular weight is 476 g/mol. The molecular weight excluding hydrogens is 451 g/mol. The molecule has 2 heterocycles. The predicted molar refractivity (Wildman–Crippen MR) is 109 cm³/mol. The fourth-order valence-electron chi connectivity index (χ4n) is 3.66. The Labute approximate surface area is 166 Å². The van der Waals surface area contributed by atoms with Gasteiger partial charge in [0, 0.05) is 26.2 Å². The molecule has 0 saturated heterocycles. The number of halogens is 1. The van der Waals surface area contributed by atoms with Gasteiger partial charge >= 0.3 is 0 Å². The lowest BCUT2D eigenvalue weighted by molar-refractivity contribution is 0.316. The van der Waals surface area contributed by atoms with Crippen LogP contribution in [0.3, 0.4) is 0 Å². The fourth-order valence-corrected chi connectivity index (χ4v) is 4.70. The zero-order chi connectivity index (χ0) is 16.7. The maximum absolute atomic E-state index is 12.2. The van der Waals surface area contributed by atoms with Crippen LogP contribution in [0, 0.1) is 5.92 Å². The third kappa shape index (κ3) is 3.80. The number of hydrogen-bond acceptors (Lipinski definition) is 5. The molecule has 8 heteroatoms. The average Bonchev–Trinajstić information content (AvgIpc) is 3.29. The number of benzene rings is 1. The summed E-state index contributed by atoms with van der Waals surface area (Å²) in [6.45, 7) is 4.57. The molecule has 4 rings (SSSR count). The molecule has 3 aliphatic rings. The van der Waals surface area contributed by atoms with E-state index in [2.05, 4.69) is 14.5 Å². The molecular formula is C17H25IN4O2S. The number of aliphatic imine (C=N–C) groups is 1. The van der Waals surface area contributed by atoms with E-state index >= 15 is 0 Å². The summed E-state index contributed by atoms with van der Waals surface area (Å²) in [5.74, 6) is 1.95. The van der Waals surface area contributed by atoms with Gasteiger partial charge < -0.3 is 9.80 Å². The fraction of sp³-hybridized carbons (Fsp3) is 0.588. The molecule has 0 radical (unpaired) electrons. The second-order valence-corrected chi connectivity index (χ2v) is 8.70. The number of hydrogen-bond donors (Lipinski definition) is 1. The van der Waals surface area contributed by atoms with E-state index in [-0.39, 0.29) is 24.0 Å². The molecule has 0 aromatic heterocycles. The van der Waals surface area contributed by atoms with Crippen LogP contribution in [-0.4, -0.2) is 57.4 Å². The molecule has 1 saturated carbocycles. The number of rotatable bonds is 4. The molecule has 0 amide bonds. The molecule has 1 aromatic carbocycles. The summed E-state index contributed by atoms with van der Waals surface area (Å²) in [5, 5.41) is 0. The van der Waals surface area contributed by atoms with E-state index < -0.39 is 10.0 Å². The molecule has 6 nitrogen and oxygen atoms in total. The van der Waals surface area contributed by atoms with Crippen LogP contribution in [0.15, 0.2) is 28.1 Å². The van der Waals surface area contributed by atoms with Gasteiger partial charge in [-0.2, -0.15) is 0 Å². The third-order valence-electron chi connectivity index (χ3n) is 5.15. The summed E-state index contributed by atoms with van der Waals surface area (Å²) in [6, 6.07) is 5.58. The second kappa shape index (κ2) is 7.40. The zero-order valence-corrected chi connectivity index (χ0v) is 17.6. The number of nitrogens with zero attached hydrogens (tertiary/aromatic N) is 3.